The molecule has 25 heavy (non-hydrogen) atoms. The maximum absolute atomic E-state index is 14.2. The third-order valence-electron chi connectivity index (χ3n) is 4.01. The van der Waals surface area contributed by atoms with Gasteiger partial charge in [0.2, 0.25) is 11.8 Å². The fourth-order valence-electron chi connectivity index (χ4n) is 2.77. The van der Waals surface area contributed by atoms with Crippen molar-refractivity contribution in [3.8, 4) is 5.75 Å². The van der Waals surface area contributed by atoms with Crippen molar-refractivity contribution in [2.24, 2.45) is 0 Å². The molecule has 1 N–H and O–H groups in total. The largest absolute Gasteiger partial charge is 0.494 e. The Hall–Kier alpha value is -2.96. The van der Waals surface area contributed by atoms with Gasteiger partial charge >= 0.3 is 0 Å². The summed E-state index contributed by atoms with van der Waals surface area (Å²) in [6, 6.07) is 6.58. The lowest BCUT2D eigenvalue weighted by molar-refractivity contribution is -0.121. The van der Waals surface area contributed by atoms with Crippen LogP contribution in [0.25, 0.3) is 0 Å². The lowest BCUT2D eigenvalue weighted by Crippen LogP contribution is -2.42. The molecule has 1 aliphatic heterocycles. The highest BCUT2D eigenvalue weighted by Crippen LogP contribution is 2.28. The van der Waals surface area contributed by atoms with E-state index in [0.717, 1.165) is 5.56 Å². The summed E-state index contributed by atoms with van der Waals surface area (Å²) in [7, 11) is 1.39. The van der Waals surface area contributed by atoms with Gasteiger partial charge in [-0.25, -0.2) is 9.37 Å². The van der Waals surface area contributed by atoms with Crippen LogP contribution in [0.3, 0.4) is 0 Å². The number of pyridine rings is 1. The summed E-state index contributed by atoms with van der Waals surface area (Å²) in [5.41, 5.74) is 1.79. The number of carbonyl (C=O) groups excluding carboxylic acids is 2. The molecule has 2 heterocycles. The van der Waals surface area contributed by atoms with Gasteiger partial charge in [0.05, 0.1) is 12.8 Å². The van der Waals surface area contributed by atoms with E-state index < -0.39 is 5.82 Å². The van der Waals surface area contributed by atoms with Crippen molar-refractivity contribution in [3.05, 3.63) is 47.4 Å². The van der Waals surface area contributed by atoms with Crippen LogP contribution in [0, 0.1) is 12.7 Å². The molecule has 130 valence electrons. The maximum atomic E-state index is 14.2. The maximum Gasteiger partial charge on any atom is 0.244 e. The van der Waals surface area contributed by atoms with E-state index in [9.17, 15) is 14.0 Å². The number of nitrogens with zero attached hydrogens (tertiary/aromatic N) is 2. The van der Waals surface area contributed by atoms with Crippen molar-refractivity contribution in [3.63, 3.8) is 0 Å². The van der Waals surface area contributed by atoms with E-state index in [-0.39, 0.29) is 37.0 Å². The number of aryl methyl sites for hydroxylation is 2. The van der Waals surface area contributed by atoms with Gasteiger partial charge in [-0.1, -0.05) is 12.1 Å². The molecule has 2 amide bonds. The Morgan fingerprint density at radius 3 is 3.00 bits per heavy atom. The Kier molecular flexibility index (Phi) is 4.65. The molecule has 0 saturated heterocycles. The van der Waals surface area contributed by atoms with E-state index in [0.29, 0.717) is 17.1 Å². The van der Waals surface area contributed by atoms with Crippen LogP contribution < -0.4 is 15.0 Å². The van der Waals surface area contributed by atoms with Gasteiger partial charge in [-0.2, -0.15) is 0 Å². The molecular formula is C18H18FN3O3. The second-order valence-electron chi connectivity index (χ2n) is 5.85. The minimum absolute atomic E-state index is 0.0619. The van der Waals surface area contributed by atoms with Crippen LogP contribution in [0.1, 0.15) is 17.5 Å². The molecule has 0 fully saturated rings. The SMILES string of the molecule is COc1cccc(CCC(=O)N2CC(=O)Nc3cc(C)cnc32)c1F. The molecule has 0 saturated carbocycles. The molecule has 1 aromatic carbocycles. The van der Waals surface area contributed by atoms with E-state index in [1.54, 1.807) is 24.4 Å². The summed E-state index contributed by atoms with van der Waals surface area (Å²) in [5.74, 6) is -0.468. The molecular weight excluding hydrogens is 325 g/mol. The van der Waals surface area contributed by atoms with Crippen molar-refractivity contribution < 1.29 is 18.7 Å². The molecule has 2 aromatic rings. The second kappa shape index (κ2) is 6.88. The summed E-state index contributed by atoms with van der Waals surface area (Å²) in [6.45, 7) is 1.76. The number of nitrogens with one attached hydrogen (secondary N) is 1. The first kappa shape index (κ1) is 16.9. The highest BCUT2D eigenvalue weighted by molar-refractivity contribution is 6.09. The summed E-state index contributed by atoms with van der Waals surface area (Å²) < 4.78 is 19.1. The number of anilines is 2. The standard InChI is InChI=1S/C18H18FN3O3/c1-11-8-13-18(20-9-11)22(10-15(23)21-13)16(24)7-6-12-4-3-5-14(25-2)17(12)19/h3-5,8-9H,6-7,10H2,1-2H3,(H,21,23). The summed E-state index contributed by atoms with van der Waals surface area (Å²) in [5, 5.41) is 2.71. The molecule has 6 nitrogen and oxygen atoms in total. The van der Waals surface area contributed by atoms with Crippen LogP contribution in [-0.2, 0) is 16.0 Å². The lowest BCUT2D eigenvalue weighted by Gasteiger charge is -2.28. The van der Waals surface area contributed by atoms with Crippen molar-refractivity contribution in [1.82, 2.24) is 4.98 Å². The van der Waals surface area contributed by atoms with Gasteiger partial charge in [-0.05, 0) is 36.6 Å². The van der Waals surface area contributed by atoms with Gasteiger partial charge in [-0.3, -0.25) is 14.5 Å². The number of carbonyl (C=O) groups is 2. The van der Waals surface area contributed by atoms with Gasteiger partial charge in [0, 0.05) is 12.6 Å². The zero-order valence-electron chi connectivity index (χ0n) is 14.0. The van der Waals surface area contributed by atoms with Crippen molar-refractivity contribution in [2.45, 2.75) is 19.8 Å². The van der Waals surface area contributed by atoms with E-state index in [1.807, 2.05) is 6.92 Å². The fourth-order valence-corrected chi connectivity index (χ4v) is 2.77. The topological polar surface area (TPSA) is 71.5 Å². The first-order valence-electron chi connectivity index (χ1n) is 7.88. The van der Waals surface area contributed by atoms with Crippen molar-refractivity contribution in [1.29, 1.82) is 0 Å². The molecule has 0 aliphatic carbocycles. The number of halogens is 1. The molecule has 7 heteroatoms. The molecule has 0 unspecified atom stereocenters. The van der Waals surface area contributed by atoms with E-state index in [1.165, 1.54) is 18.1 Å². The van der Waals surface area contributed by atoms with Crippen molar-refractivity contribution in [2.75, 3.05) is 23.9 Å². The third kappa shape index (κ3) is 3.45. The number of rotatable bonds is 4. The Morgan fingerprint density at radius 2 is 2.24 bits per heavy atom. The van der Waals surface area contributed by atoms with E-state index in [2.05, 4.69) is 10.3 Å². The Bertz CT molecular complexity index is 838. The third-order valence-corrected chi connectivity index (χ3v) is 4.01. The summed E-state index contributed by atoms with van der Waals surface area (Å²) in [4.78, 5) is 30.0. The summed E-state index contributed by atoms with van der Waals surface area (Å²) in [6.07, 6.45) is 1.91. The molecule has 0 radical (unpaired) electrons. The quantitative estimate of drug-likeness (QED) is 0.926. The fraction of sp³-hybridized carbons (Fsp3) is 0.278. The molecule has 1 aliphatic rings. The molecule has 0 bridgehead atoms. The Balaban J connectivity index is 1.77. The Labute approximate surface area is 144 Å². The zero-order chi connectivity index (χ0) is 18.0. The lowest BCUT2D eigenvalue weighted by atomic mass is 10.1. The molecule has 0 spiro atoms. The normalized spacial score (nSPS) is 13.2. The molecule has 1 aromatic heterocycles. The second-order valence-corrected chi connectivity index (χ2v) is 5.85. The number of aromatic nitrogens is 1. The molecule has 0 atom stereocenters. The average Bonchev–Trinajstić information content (AvgIpc) is 2.59. The summed E-state index contributed by atoms with van der Waals surface area (Å²) >= 11 is 0. The smallest absolute Gasteiger partial charge is 0.244 e. The minimum Gasteiger partial charge on any atom is -0.494 e. The van der Waals surface area contributed by atoms with Gasteiger partial charge in [0.25, 0.3) is 0 Å². The number of fused-ring (bicyclic) bond motifs is 1. The van der Waals surface area contributed by atoms with Gasteiger partial charge in [-0.15, -0.1) is 0 Å². The predicted molar refractivity (Wildman–Crippen MR) is 91.2 cm³/mol. The first-order valence-corrected chi connectivity index (χ1v) is 7.88. The van der Waals surface area contributed by atoms with Crippen LogP contribution in [0.4, 0.5) is 15.9 Å². The van der Waals surface area contributed by atoms with Gasteiger partial charge in [0.1, 0.15) is 6.54 Å². The van der Waals surface area contributed by atoms with Crippen LogP contribution in [0.2, 0.25) is 0 Å². The van der Waals surface area contributed by atoms with E-state index in [4.69, 9.17) is 4.74 Å². The number of hydrogen-bond donors (Lipinski definition) is 1. The zero-order valence-corrected chi connectivity index (χ0v) is 14.0. The minimum atomic E-state index is -0.469. The number of hydrogen-bond acceptors (Lipinski definition) is 4. The number of methoxy groups -OCH3 is 1. The van der Waals surface area contributed by atoms with Gasteiger partial charge < -0.3 is 10.1 Å². The van der Waals surface area contributed by atoms with Crippen LogP contribution >= 0.6 is 0 Å². The van der Waals surface area contributed by atoms with Crippen LogP contribution in [0.5, 0.6) is 5.75 Å². The highest BCUT2D eigenvalue weighted by Gasteiger charge is 2.28. The number of amides is 2. The first-order chi connectivity index (χ1) is 12.0. The highest BCUT2D eigenvalue weighted by atomic mass is 19.1. The Morgan fingerprint density at radius 1 is 1.44 bits per heavy atom. The van der Waals surface area contributed by atoms with Gasteiger partial charge in [0.15, 0.2) is 17.4 Å². The monoisotopic (exact) mass is 343 g/mol. The van der Waals surface area contributed by atoms with Crippen molar-refractivity contribution >= 4 is 23.3 Å². The number of benzene rings is 1. The van der Waals surface area contributed by atoms with E-state index >= 15 is 0 Å². The van der Waals surface area contributed by atoms with Crippen LogP contribution in [-0.4, -0.2) is 30.5 Å². The number of ether oxygens (including phenoxy) is 1. The van der Waals surface area contributed by atoms with Crippen LogP contribution in [0.15, 0.2) is 30.5 Å². The predicted octanol–water partition coefficient (Wildman–Crippen LogP) is 2.46. The molecule has 3 rings (SSSR count). The average molecular weight is 343 g/mol.